The SMILES string of the molecule is CN(C)C(=O)C(CCN1CCC(O)(c2ccc(Cl)cc2)CC1)(c1ccccc1)c1ccccc1.OC[C@@H](O)C(O)[C@@H](O)CO. The lowest BCUT2D eigenvalue weighted by Gasteiger charge is -2.41. The lowest BCUT2D eigenvalue weighted by Crippen LogP contribution is -2.48. The molecule has 1 aliphatic rings. The van der Waals surface area contributed by atoms with Crippen LogP contribution >= 0.6 is 11.6 Å². The van der Waals surface area contributed by atoms with Crippen molar-refractivity contribution in [1.29, 1.82) is 0 Å². The van der Waals surface area contributed by atoms with Gasteiger partial charge in [-0.3, -0.25) is 4.79 Å². The maximum atomic E-state index is 13.8. The van der Waals surface area contributed by atoms with E-state index in [4.69, 9.17) is 37.1 Å². The molecule has 1 amide bonds. The van der Waals surface area contributed by atoms with Gasteiger partial charge in [0.2, 0.25) is 5.91 Å². The second kappa shape index (κ2) is 16.5. The quantitative estimate of drug-likeness (QED) is 0.190. The second-order valence-corrected chi connectivity index (χ2v) is 11.9. The number of hydrogen-bond donors (Lipinski definition) is 6. The summed E-state index contributed by atoms with van der Waals surface area (Å²) in [6.07, 6.45) is -2.32. The summed E-state index contributed by atoms with van der Waals surface area (Å²) in [6, 6.07) is 27.7. The van der Waals surface area contributed by atoms with Crippen LogP contribution in [0, 0.1) is 0 Å². The highest BCUT2D eigenvalue weighted by Crippen LogP contribution is 2.39. The van der Waals surface area contributed by atoms with Crippen LogP contribution in [0.4, 0.5) is 0 Å². The Bertz CT molecular complexity index is 1220. The van der Waals surface area contributed by atoms with Crippen LogP contribution in [0.1, 0.15) is 36.0 Å². The average molecular weight is 629 g/mol. The number of aliphatic hydroxyl groups is 6. The molecule has 1 saturated heterocycles. The largest absolute Gasteiger partial charge is 0.394 e. The zero-order valence-corrected chi connectivity index (χ0v) is 26.1. The average Bonchev–Trinajstić information content (AvgIpc) is 3.06. The molecule has 9 nitrogen and oxygen atoms in total. The molecule has 44 heavy (non-hydrogen) atoms. The smallest absolute Gasteiger partial charge is 0.237 e. The Kier molecular flexibility index (Phi) is 13.3. The molecular formula is C34H45ClN2O7. The van der Waals surface area contributed by atoms with Crippen LogP contribution in [0.5, 0.6) is 0 Å². The minimum atomic E-state index is -1.49. The van der Waals surface area contributed by atoms with Crippen molar-refractivity contribution in [2.24, 2.45) is 0 Å². The maximum Gasteiger partial charge on any atom is 0.237 e. The van der Waals surface area contributed by atoms with Gasteiger partial charge in [0.15, 0.2) is 0 Å². The van der Waals surface area contributed by atoms with E-state index in [1.165, 1.54) is 0 Å². The van der Waals surface area contributed by atoms with Crippen molar-refractivity contribution >= 4 is 17.5 Å². The third-order valence-corrected chi connectivity index (χ3v) is 8.59. The third-order valence-electron chi connectivity index (χ3n) is 8.33. The highest BCUT2D eigenvalue weighted by molar-refractivity contribution is 6.30. The van der Waals surface area contributed by atoms with Gasteiger partial charge < -0.3 is 40.4 Å². The van der Waals surface area contributed by atoms with Crippen LogP contribution in [0.2, 0.25) is 5.02 Å². The first-order chi connectivity index (χ1) is 21.0. The fourth-order valence-corrected chi connectivity index (χ4v) is 5.76. The van der Waals surface area contributed by atoms with Crippen molar-refractivity contribution in [2.75, 3.05) is 46.9 Å². The summed E-state index contributed by atoms with van der Waals surface area (Å²) in [5, 5.41) is 54.5. The molecule has 1 unspecified atom stereocenters. The van der Waals surface area contributed by atoms with Gasteiger partial charge in [0.05, 0.1) is 18.8 Å². The number of likely N-dealkylation sites (tertiary alicyclic amines) is 1. The lowest BCUT2D eigenvalue weighted by molar-refractivity contribution is -0.133. The molecule has 10 heteroatoms. The van der Waals surface area contributed by atoms with E-state index < -0.39 is 42.5 Å². The van der Waals surface area contributed by atoms with Gasteiger partial charge in [-0.2, -0.15) is 0 Å². The fraction of sp³-hybridized carbons (Fsp3) is 0.441. The van der Waals surface area contributed by atoms with Gasteiger partial charge in [-0.05, 0) is 54.6 Å². The standard InChI is InChI=1S/C29H33ClN2O2.C5H12O5/c1-31(2)27(33)29(24-9-5-3-6-10-24,25-11-7-4-8-12-25)19-22-32-20-17-28(34,18-21-32)23-13-15-26(30)16-14-23;6-1-3(8)5(10)4(9)2-7/h3-16,34H,17-22H2,1-2H3;3-10H,1-2H2/t;3-,4+,5?. The van der Waals surface area contributed by atoms with Crippen molar-refractivity contribution in [1.82, 2.24) is 9.80 Å². The van der Waals surface area contributed by atoms with E-state index >= 15 is 0 Å². The first-order valence-electron chi connectivity index (χ1n) is 14.8. The number of nitrogens with zero attached hydrogens (tertiary/aromatic N) is 2. The normalized spacial score (nSPS) is 17.1. The highest BCUT2D eigenvalue weighted by Gasteiger charge is 2.43. The lowest BCUT2D eigenvalue weighted by atomic mass is 9.70. The van der Waals surface area contributed by atoms with Crippen molar-refractivity contribution in [3.05, 3.63) is 107 Å². The molecule has 3 atom stereocenters. The third kappa shape index (κ3) is 8.65. The van der Waals surface area contributed by atoms with Gasteiger partial charge in [0.1, 0.15) is 23.7 Å². The number of carbonyl (C=O) groups excluding carboxylic acids is 1. The molecule has 240 valence electrons. The molecule has 6 N–H and O–H groups in total. The summed E-state index contributed by atoms with van der Waals surface area (Å²) >= 11 is 6.03. The molecule has 3 aromatic carbocycles. The first-order valence-corrected chi connectivity index (χ1v) is 15.2. The van der Waals surface area contributed by atoms with Crippen LogP contribution in [0.25, 0.3) is 0 Å². The van der Waals surface area contributed by atoms with Gasteiger partial charge >= 0.3 is 0 Å². The fourth-order valence-electron chi connectivity index (χ4n) is 5.63. The number of aliphatic hydroxyl groups excluding tert-OH is 5. The summed E-state index contributed by atoms with van der Waals surface area (Å²) in [5.74, 6) is 0.0829. The van der Waals surface area contributed by atoms with Gasteiger partial charge in [-0.15, -0.1) is 0 Å². The summed E-state index contributed by atoms with van der Waals surface area (Å²) in [4.78, 5) is 17.9. The molecular weight excluding hydrogens is 584 g/mol. The maximum absolute atomic E-state index is 13.8. The van der Waals surface area contributed by atoms with Crippen LogP contribution in [-0.2, 0) is 15.8 Å². The van der Waals surface area contributed by atoms with Gasteiger partial charge in [-0.25, -0.2) is 0 Å². The Labute approximate surface area is 264 Å². The minimum absolute atomic E-state index is 0.0829. The summed E-state index contributed by atoms with van der Waals surface area (Å²) < 4.78 is 0. The topological polar surface area (TPSA) is 145 Å². The summed E-state index contributed by atoms with van der Waals surface area (Å²) in [7, 11) is 3.66. The molecule has 0 aliphatic carbocycles. The number of piperidine rings is 1. The number of hydrogen-bond acceptors (Lipinski definition) is 8. The van der Waals surface area contributed by atoms with Crippen LogP contribution < -0.4 is 0 Å². The van der Waals surface area contributed by atoms with E-state index in [2.05, 4.69) is 29.2 Å². The molecule has 1 fully saturated rings. The van der Waals surface area contributed by atoms with E-state index in [1.807, 2.05) is 74.8 Å². The molecule has 0 radical (unpaired) electrons. The second-order valence-electron chi connectivity index (χ2n) is 11.5. The Morgan fingerprint density at radius 3 is 1.70 bits per heavy atom. The zero-order chi connectivity index (χ0) is 32.3. The molecule has 0 aromatic heterocycles. The van der Waals surface area contributed by atoms with Gasteiger partial charge in [0.25, 0.3) is 0 Å². The number of halogens is 1. The molecule has 3 aromatic rings. The number of amides is 1. The van der Waals surface area contributed by atoms with Gasteiger partial charge in [-0.1, -0.05) is 84.4 Å². The summed E-state index contributed by atoms with van der Waals surface area (Å²) in [5.41, 5.74) is 1.33. The van der Waals surface area contributed by atoms with Gasteiger partial charge in [0, 0.05) is 32.2 Å². The van der Waals surface area contributed by atoms with E-state index in [-0.39, 0.29) is 5.91 Å². The number of benzene rings is 3. The zero-order valence-electron chi connectivity index (χ0n) is 25.3. The Morgan fingerprint density at radius 2 is 1.30 bits per heavy atom. The molecule has 0 spiro atoms. The van der Waals surface area contributed by atoms with Crippen molar-refractivity contribution in [2.45, 2.75) is 48.6 Å². The van der Waals surface area contributed by atoms with Crippen molar-refractivity contribution in [3.8, 4) is 0 Å². The highest BCUT2D eigenvalue weighted by atomic mass is 35.5. The molecule has 0 bridgehead atoms. The van der Waals surface area contributed by atoms with Crippen LogP contribution in [0.15, 0.2) is 84.9 Å². The molecule has 0 saturated carbocycles. The number of carbonyl (C=O) groups is 1. The molecule has 1 heterocycles. The minimum Gasteiger partial charge on any atom is -0.394 e. The number of rotatable bonds is 11. The molecule has 4 rings (SSSR count). The summed E-state index contributed by atoms with van der Waals surface area (Å²) in [6.45, 7) is 1.03. The Balaban J connectivity index is 0.000000456. The van der Waals surface area contributed by atoms with E-state index in [0.717, 1.165) is 36.3 Å². The monoisotopic (exact) mass is 628 g/mol. The van der Waals surface area contributed by atoms with Crippen LogP contribution in [-0.4, -0.2) is 112 Å². The van der Waals surface area contributed by atoms with Crippen molar-refractivity contribution in [3.63, 3.8) is 0 Å². The predicted molar refractivity (Wildman–Crippen MR) is 170 cm³/mol. The molecule has 1 aliphatic heterocycles. The Morgan fingerprint density at radius 1 is 0.841 bits per heavy atom. The van der Waals surface area contributed by atoms with E-state index in [1.54, 1.807) is 4.90 Å². The Hall–Kier alpha value is -2.86. The van der Waals surface area contributed by atoms with E-state index in [9.17, 15) is 9.90 Å². The first kappa shape index (κ1) is 35.6. The van der Waals surface area contributed by atoms with Crippen LogP contribution in [0.3, 0.4) is 0 Å². The predicted octanol–water partition coefficient (Wildman–Crippen LogP) is 2.14. The number of likely N-dealkylation sites (N-methyl/N-ethyl adjacent to an activating group) is 1. The van der Waals surface area contributed by atoms with Crippen molar-refractivity contribution < 1.29 is 35.4 Å². The van der Waals surface area contributed by atoms with E-state index in [0.29, 0.717) is 24.3 Å².